The highest BCUT2D eigenvalue weighted by atomic mass is 19.2. The highest BCUT2D eigenvalue weighted by Gasteiger charge is 2.18. The van der Waals surface area contributed by atoms with Gasteiger partial charge in [0.2, 0.25) is 5.91 Å². The topological polar surface area (TPSA) is 50.4 Å². The Labute approximate surface area is 166 Å². The average Bonchev–Trinajstić information content (AvgIpc) is 2.74. The third-order valence-corrected chi connectivity index (χ3v) is 4.17. The van der Waals surface area contributed by atoms with Crippen LogP contribution in [0, 0.1) is 17.5 Å². The molecule has 29 heavy (non-hydrogen) atoms. The van der Waals surface area contributed by atoms with Gasteiger partial charge in [0, 0.05) is 5.69 Å². The number of ether oxygens (including phenoxy) is 1. The fourth-order valence-corrected chi connectivity index (χ4v) is 2.57. The normalized spacial score (nSPS) is 11.6. The van der Waals surface area contributed by atoms with Crippen LogP contribution < -0.4 is 15.4 Å². The maximum absolute atomic E-state index is 13.7. The lowest BCUT2D eigenvalue weighted by molar-refractivity contribution is -0.116. The van der Waals surface area contributed by atoms with Crippen molar-refractivity contribution in [3.8, 4) is 5.75 Å². The Balaban J connectivity index is 1.55. The molecule has 7 heteroatoms. The fraction of sp³-hybridized carbons (Fsp3) is 0.136. The molecule has 0 bridgehead atoms. The zero-order valence-electron chi connectivity index (χ0n) is 15.6. The number of halogens is 3. The van der Waals surface area contributed by atoms with Crippen LogP contribution in [-0.2, 0) is 11.4 Å². The molecule has 0 saturated heterocycles. The summed E-state index contributed by atoms with van der Waals surface area (Å²) in [5.41, 5.74) is 1.27. The molecule has 1 atom stereocenters. The molecule has 0 fully saturated rings. The molecule has 0 aromatic heterocycles. The number of amides is 1. The summed E-state index contributed by atoms with van der Waals surface area (Å²) in [4.78, 5) is 12.2. The van der Waals surface area contributed by atoms with Crippen molar-refractivity contribution in [3.05, 3.63) is 89.7 Å². The quantitative estimate of drug-likeness (QED) is 0.541. The van der Waals surface area contributed by atoms with E-state index in [2.05, 4.69) is 10.6 Å². The largest absolute Gasteiger partial charge is 0.489 e. The molecule has 1 unspecified atom stereocenters. The van der Waals surface area contributed by atoms with E-state index in [1.807, 2.05) is 30.3 Å². The number of nitrogens with one attached hydrogen (secondary N) is 2. The molecule has 3 rings (SSSR count). The van der Waals surface area contributed by atoms with Gasteiger partial charge in [0.25, 0.3) is 0 Å². The van der Waals surface area contributed by atoms with Crippen LogP contribution in [0.5, 0.6) is 5.75 Å². The van der Waals surface area contributed by atoms with E-state index in [0.29, 0.717) is 18.0 Å². The Morgan fingerprint density at radius 3 is 2.31 bits per heavy atom. The lowest BCUT2D eigenvalue weighted by atomic mass is 10.2. The Morgan fingerprint density at radius 1 is 0.931 bits per heavy atom. The summed E-state index contributed by atoms with van der Waals surface area (Å²) in [6.07, 6.45) is 0. The standard InChI is InChI=1S/C22H19F3N2O2/c1-14(22(28)27-19-12-11-18(23)20(24)21(19)25)26-16-7-9-17(10-8-16)29-13-15-5-3-2-4-6-15/h2-12,14,26H,13H2,1H3,(H,27,28). The van der Waals surface area contributed by atoms with E-state index < -0.39 is 35.1 Å². The summed E-state index contributed by atoms with van der Waals surface area (Å²) in [6, 6.07) is 17.7. The van der Waals surface area contributed by atoms with Crippen molar-refractivity contribution in [1.29, 1.82) is 0 Å². The van der Waals surface area contributed by atoms with E-state index in [-0.39, 0.29) is 0 Å². The predicted molar refractivity (Wildman–Crippen MR) is 105 cm³/mol. The molecule has 0 aliphatic heterocycles. The van der Waals surface area contributed by atoms with Crippen molar-refractivity contribution in [1.82, 2.24) is 0 Å². The SMILES string of the molecule is CC(Nc1ccc(OCc2ccccc2)cc1)C(=O)Nc1ccc(F)c(F)c1F. The first-order valence-electron chi connectivity index (χ1n) is 8.91. The van der Waals surface area contributed by atoms with Crippen molar-refractivity contribution >= 4 is 17.3 Å². The lowest BCUT2D eigenvalue weighted by Gasteiger charge is -2.16. The van der Waals surface area contributed by atoms with Crippen LogP contribution in [0.3, 0.4) is 0 Å². The maximum atomic E-state index is 13.7. The van der Waals surface area contributed by atoms with E-state index >= 15 is 0 Å². The van der Waals surface area contributed by atoms with Crippen molar-refractivity contribution < 1.29 is 22.7 Å². The molecular weight excluding hydrogens is 381 g/mol. The van der Waals surface area contributed by atoms with Crippen LogP contribution >= 0.6 is 0 Å². The summed E-state index contributed by atoms with van der Waals surface area (Å²) in [5.74, 6) is -4.32. The molecule has 1 amide bonds. The third kappa shape index (κ3) is 5.28. The van der Waals surface area contributed by atoms with Gasteiger partial charge in [-0.25, -0.2) is 13.2 Å². The van der Waals surface area contributed by atoms with Gasteiger partial charge in [-0.05, 0) is 48.9 Å². The molecule has 0 radical (unpaired) electrons. The Kier molecular flexibility index (Phi) is 6.39. The summed E-state index contributed by atoms with van der Waals surface area (Å²) in [7, 11) is 0. The fourth-order valence-electron chi connectivity index (χ4n) is 2.57. The number of rotatable bonds is 7. The number of hydrogen-bond donors (Lipinski definition) is 2. The summed E-state index contributed by atoms with van der Waals surface area (Å²) in [5, 5.41) is 5.19. The van der Waals surface area contributed by atoms with Gasteiger partial charge >= 0.3 is 0 Å². The molecule has 4 nitrogen and oxygen atoms in total. The number of anilines is 2. The minimum absolute atomic E-state index is 0.424. The van der Waals surface area contributed by atoms with Crippen LogP contribution in [0.2, 0.25) is 0 Å². The molecule has 2 N–H and O–H groups in total. The molecule has 0 aliphatic rings. The van der Waals surface area contributed by atoms with E-state index in [0.717, 1.165) is 17.7 Å². The average molecular weight is 400 g/mol. The second kappa shape index (κ2) is 9.14. The molecule has 3 aromatic rings. The molecule has 3 aromatic carbocycles. The van der Waals surface area contributed by atoms with Gasteiger partial charge in [0.05, 0.1) is 5.69 Å². The number of benzene rings is 3. The van der Waals surface area contributed by atoms with Gasteiger partial charge in [0.15, 0.2) is 17.5 Å². The summed E-state index contributed by atoms with van der Waals surface area (Å²) in [6.45, 7) is 2.00. The van der Waals surface area contributed by atoms with E-state index in [1.165, 1.54) is 0 Å². The first-order chi connectivity index (χ1) is 13.9. The molecule has 0 spiro atoms. The van der Waals surface area contributed by atoms with Crippen LogP contribution in [0.4, 0.5) is 24.5 Å². The maximum Gasteiger partial charge on any atom is 0.246 e. The highest BCUT2D eigenvalue weighted by molar-refractivity contribution is 5.96. The predicted octanol–water partition coefficient (Wildman–Crippen LogP) is 5.12. The third-order valence-electron chi connectivity index (χ3n) is 4.17. The molecule has 0 heterocycles. The second-order valence-electron chi connectivity index (χ2n) is 6.38. The van der Waals surface area contributed by atoms with Crippen LogP contribution in [-0.4, -0.2) is 11.9 Å². The van der Waals surface area contributed by atoms with E-state index in [9.17, 15) is 18.0 Å². The van der Waals surface area contributed by atoms with Gasteiger partial charge in [0.1, 0.15) is 18.4 Å². The van der Waals surface area contributed by atoms with Crippen LogP contribution in [0.1, 0.15) is 12.5 Å². The number of carbonyl (C=O) groups excluding carboxylic acids is 1. The van der Waals surface area contributed by atoms with E-state index in [4.69, 9.17) is 4.74 Å². The Morgan fingerprint density at radius 2 is 1.62 bits per heavy atom. The van der Waals surface area contributed by atoms with Gasteiger partial charge in [-0.15, -0.1) is 0 Å². The molecular formula is C22H19F3N2O2. The first kappa shape index (κ1) is 20.3. The minimum Gasteiger partial charge on any atom is -0.489 e. The summed E-state index contributed by atoms with van der Waals surface area (Å²) < 4.78 is 45.6. The molecule has 150 valence electrons. The van der Waals surface area contributed by atoms with Crippen molar-refractivity contribution in [3.63, 3.8) is 0 Å². The molecule has 0 saturated carbocycles. The lowest BCUT2D eigenvalue weighted by Crippen LogP contribution is -2.32. The zero-order chi connectivity index (χ0) is 20.8. The van der Waals surface area contributed by atoms with Gasteiger partial charge in [-0.1, -0.05) is 30.3 Å². The van der Waals surface area contributed by atoms with Gasteiger partial charge in [-0.3, -0.25) is 4.79 Å². The van der Waals surface area contributed by atoms with Crippen molar-refractivity contribution in [2.24, 2.45) is 0 Å². The second-order valence-corrected chi connectivity index (χ2v) is 6.38. The van der Waals surface area contributed by atoms with Crippen molar-refractivity contribution in [2.45, 2.75) is 19.6 Å². The number of hydrogen-bond acceptors (Lipinski definition) is 3. The first-order valence-corrected chi connectivity index (χ1v) is 8.91. The Bertz CT molecular complexity index is 979. The van der Waals surface area contributed by atoms with Crippen LogP contribution in [0.25, 0.3) is 0 Å². The highest BCUT2D eigenvalue weighted by Crippen LogP contribution is 2.21. The van der Waals surface area contributed by atoms with E-state index in [1.54, 1.807) is 31.2 Å². The Hall–Kier alpha value is -3.48. The minimum atomic E-state index is -1.63. The number of carbonyl (C=O) groups is 1. The van der Waals surface area contributed by atoms with Gasteiger partial charge < -0.3 is 15.4 Å². The van der Waals surface area contributed by atoms with Crippen LogP contribution in [0.15, 0.2) is 66.7 Å². The van der Waals surface area contributed by atoms with Crippen molar-refractivity contribution in [2.75, 3.05) is 10.6 Å². The molecule has 0 aliphatic carbocycles. The monoisotopic (exact) mass is 400 g/mol. The van der Waals surface area contributed by atoms with Gasteiger partial charge in [-0.2, -0.15) is 0 Å². The zero-order valence-corrected chi connectivity index (χ0v) is 15.6. The summed E-state index contributed by atoms with van der Waals surface area (Å²) >= 11 is 0. The smallest absolute Gasteiger partial charge is 0.246 e.